The lowest BCUT2D eigenvalue weighted by molar-refractivity contribution is 0.385. The first kappa shape index (κ1) is 19.4. The molecule has 0 unspecified atom stereocenters. The van der Waals surface area contributed by atoms with Gasteiger partial charge < -0.3 is 19.8 Å². The first-order valence-corrected chi connectivity index (χ1v) is 9.04. The molecule has 0 aliphatic carbocycles. The van der Waals surface area contributed by atoms with Gasteiger partial charge in [0.25, 0.3) is 0 Å². The first-order valence-electron chi connectivity index (χ1n) is 9.04. The summed E-state index contributed by atoms with van der Waals surface area (Å²) in [5.41, 5.74) is 3.56. The molecule has 0 aliphatic rings. The first-order chi connectivity index (χ1) is 14.4. The van der Waals surface area contributed by atoms with Crippen LogP contribution in [0.3, 0.4) is 0 Å². The molecule has 0 saturated carbocycles. The normalized spacial score (nSPS) is 11.0. The fourth-order valence-electron chi connectivity index (χ4n) is 2.99. The van der Waals surface area contributed by atoms with E-state index < -0.39 is 11.6 Å². The minimum atomic E-state index is -0.531. The second kappa shape index (κ2) is 7.51. The molecule has 4 rings (SSSR count). The molecule has 0 spiro atoms. The highest BCUT2D eigenvalue weighted by Crippen LogP contribution is 2.28. The van der Waals surface area contributed by atoms with Crippen molar-refractivity contribution in [2.45, 2.75) is 13.8 Å². The van der Waals surface area contributed by atoms with Crippen molar-refractivity contribution in [3.8, 4) is 5.75 Å². The van der Waals surface area contributed by atoms with Gasteiger partial charge in [-0.15, -0.1) is 0 Å². The minimum absolute atomic E-state index is 0.135. The summed E-state index contributed by atoms with van der Waals surface area (Å²) in [4.78, 5) is 20.4. The van der Waals surface area contributed by atoms with Gasteiger partial charge in [-0.25, -0.2) is 14.2 Å². The Morgan fingerprint density at radius 1 is 1.13 bits per heavy atom. The molecule has 153 valence electrons. The van der Waals surface area contributed by atoms with Gasteiger partial charge in [0, 0.05) is 36.2 Å². The monoisotopic (exact) mass is 408 g/mol. The summed E-state index contributed by atoms with van der Waals surface area (Å²) in [7, 11) is 5.08. The lowest BCUT2D eigenvalue weighted by Crippen LogP contribution is -2.06. The third kappa shape index (κ3) is 3.57. The van der Waals surface area contributed by atoms with Gasteiger partial charge in [0.15, 0.2) is 17.1 Å². The summed E-state index contributed by atoms with van der Waals surface area (Å²) in [5.74, 6) is 0.0925. The van der Waals surface area contributed by atoms with Crippen LogP contribution in [0.15, 0.2) is 45.7 Å². The number of hydrogen-bond donors (Lipinski definition) is 2. The Hall–Kier alpha value is -3.88. The van der Waals surface area contributed by atoms with E-state index in [1.54, 1.807) is 43.5 Å². The van der Waals surface area contributed by atoms with Crippen molar-refractivity contribution in [3.63, 3.8) is 0 Å². The van der Waals surface area contributed by atoms with Crippen LogP contribution in [0.2, 0.25) is 0 Å². The minimum Gasteiger partial charge on any atom is -0.494 e. The maximum atomic E-state index is 14.0. The molecule has 2 heterocycles. The van der Waals surface area contributed by atoms with Gasteiger partial charge in [-0.1, -0.05) is 0 Å². The van der Waals surface area contributed by atoms with Crippen molar-refractivity contribution in [2.24, 2.45) is 0 Å². The Morgan fingerprint density at radius 3 is 2.70 bits per heavy atom. The smallest absolute Gasteiger partial charge is 0.420 e. The molecule has 0 fully saturated rings. The number of hydrogen-bond acceptors (Lipinski definition) is 7. The standard InChI is InChI=1S/C21H19FN5O3/c1-11-7-14(9-17(29-4)18(11)22)25-20-23-10-12(2)19(26-20)24-13-5-6-16-15(8-13)27(3)21(28)30-16/h5-10H,3H2,1-2,4H3,(H2,23,24,25,26). The zero-order valence-corrected chi connectivity index (χ0v) is 16.6. The fraction of sp³-hybridized carbons (Fsp3) is 0.143. The van der Waals surface area contributed by atoms with E-state index in [4.69, 9.17) is 9.15 Å². The summed E-state index contributed by atoms with van der Waals surface area (Å²) in [6, 6.07) is 8.39. The number of anilines is 4. The Balaban J connectivity index is 1.63. The van der Waals surface area contributed by atoms with Crippen LogP contribution < -0.4 is 21.1 Å². The van der Waals surface area contributed by atoms with E-state index in [-0.39, 0.29) is 5.75 Å². The van der Waals surface area contributed by atoms with Crippen molar-refractivity contribution >= 4 is 34.2 Å². The predicted octanol–water partition coefficient (Wildman–Crippen LogP) is 4.28. The van der Waals surface area contributed by atoms with E-state index in [1.165, 1.54) is 11.7 Å². The molecule has 0 amide bonds. The third-order valence-corrected chi connectivity index (χ3v) is 4.60. The van der Waals surface area contributed by atoms with Crippen LogP contribution in [0.25, 0.3) is 11.1 Å². The summed E-state index contributed by atoms with van der Waals surface area (Å²) >= 11 is 0. The molecule has 0 atom stereocenters. The molecular formula is C21H19FN5O3. The number of ether oxygens (including phenoxy) is 1. The highest BCUT2D eigenvalue weighted by atomic mass is 19.1. The zero-order valence-electron chi connectivity index (χ0n) is 16.6. The van der Waals surface area contributed by atoms with Crippen LogP contribution in [-0.4, -0.2) is 21.6 Å². The van der Waals surface area contributed by atoms with Crippen molar-refractivity contribution in [2.75, 3.05) is 17.7 Å². The highest BCUT2D eigenvalue weighted by molar-refractivity contribution is 5.79. The van der Waals surface area contributed by atoms with E-state index in [0.717, 1.165) is 5.56 Å². The highest BCUT2D eigenvalue weighted by Gasteiger charge is 2.11. The largest absolute Gasteiger partial charge is 0.494 e. The Kier molecular flexibility index (Phi) is 4.86. The predicted molar refractivity (Wildman–Crippen MR) is 112 cm³/mol. The molecule has 4 aromatic rings. The lowest BCUT2D eigenvalue weighted by Gasteiger charge is -2.13. The molecule has 0 aliphatic heterocycles. The molecule has 2 aromatic heterocycles. The van der Waals surface area contributed by atoms with Gasteiger partial charge in [0.2, 0.25) is 5.95 Å². The number of aryl methyl sites for hydroxylation is 2. The third-order valence-electron chi connectivity index (χ3n) is 4.60. The Labute approximate surface area is 171 Å². The van der Waals surface area contributed by atoms with E-state index >= 15 is 0 Å². The van der Waals surface area contributed by atoms with Gasteiger partial charge >= 0.3 is 5.76 Å². The van der Waals surface area contributed by atoms with Gasteiger partial charge in [-0.3, -0.25) is 4.57 Å². The van der Waals surface area contributed by atoms with E-state index in [0.29, 0.717) is 39.8 Å². The molecule has 8 nitrogen and oxygen atoms in total. The van der Waals surface area contributed by atoms with Gasteiger partial charge in [-0.2, -0.15) is 4.98 Å². The summed E-state index contributed by atoms with van der Waals surface area (Å²) in [6.45, 7) is 3.52. The maximum absolute atomic E-state index is 14.0. The second-order valence-corrected chi connectivity index (χ2v) is 6.76. The molecule has 0 bridgehead atoms. The van der Waals surface area contributed by atoms with Crippen LogP contribution in [0.5, 0.6) is 5.75 Å². The number of methoxy groups -OCH3 is 1. The van der Waals surface area contributed by atoms with Crippen LogP contribution in [0, 0.1) is 26.7 Å². The zero-order chi connectivity index (χ0) is 21.4. The average Bonchev–Trinajstić information content (AvgIpc) is 3.01. The van der Waals surface area contributed by atoms with Crippen LogP contribution >= 0.6 is 0 Å². The molecule has 1 radical (unpaired) electrons. The average molecular weight is 408 g/mol. The van der Waals surface area contributed by atoms with Gasteiger partial charge in [0.1, 0.15) is 5.82 Å². The summed E-state index contributed by atoms with van der Waals surface area (Å²) in [5, 5.41) is 6.27. The summed E-state index contributed by atoms with van der Waals surface area (Å²) in [6.07, 6.45) is 1.67. The number of oxazole rings is 1. The number of halogens is 1. The topological polar surface area (TPSA) is 94.2 Å². The molecular weight excluding hydrogens is 389 g/mol. The molecule has 30 heavy (non-hydrogen) atoms. The number of nitrogens with zero attached hydrogens (tertiary/aromatic N) is 3. The number of rotatable bonds is 5. The number of nitrogens with one attached hydrogen (secondary N) is 2. The second-order valence-electron chi connectivity index (χ2n) is 6.76. The lowest BCUT2D eigenvalue weighted by atomic mass is 10.2. The van der Waals surface area contributed by atoms with Gasteiger partial charge in [0.05, 0.1) is 12.6 Å². The van der Waals surface area contributed by atoms with E-state index in [1.807, 2.05) is 6.92 Å². The van der Waals surface area contributed by atoms with E-state index in [2.05, 4.69) is 27.6 Å². The quantitative estimate of drug-likeness (QED) is 0.509. The van der Waals surface area contributed by atoms with Crippen LogP contribution in [-0.2, 0) is 0 Å². The van der Waals surface area contributed by atoms with Crippen molar-refractivity contribution in [1.29, 1.82) is 0 Å². The Bertz CT molecular complexity index is 1310. The molecule has 2 aromatic carbocycles. The van der Waals surface area contributed by atoms with Crippen LogP contribution in [0.4, 0.5) is 27.5 Å². The van der Waals surface area contributed by atoms with Crippen molar-refractivity contribution in [3.05, 3.63) is 71.1 Å². The van der Waals surface area contributed by atoms with Crippen molar-refractivity contribution in [1.82, 2.24) is 14.5 Å². The number of aromatic nitrogens is 3. The molecule has 0 saturated heterocycles. The number of fused-ring (bicyclic) bond motifs is 1. The Morgan fingerprint density at radius 2 is 1.93 bits per heavy atom. The van der Waals surface area contributed by atoms with Gasteiger partial charge in [-0.05, 0) is 43.7 Å². The van der Waals surface area contributed by atoms with Crippen molar-refractivity contribution < 1.29 is 13.5 Å². The fourth-order valence-corrected chi connectivity index (χ4v) is 2.99. The maximum Gasteiger partial charge on any atom is 0.420 e. The molecule has 2 N–H and O–H groups in total. The summed E-state index contributed by atoms with van der Waals surface area (Å²) < 4.78 is 25.3. The van der Waals surface area contributed by atoms with E-state index in [9.17, 15) is 9.18 Å². The SMILES string of the molecule is [CH2]n1c(=O)oc2ccc(Nc3nc(Nc4cc(C)c(F)c(OC)c4)ncc3C)cc21. The van der Waals surface area contributed by atoms with Crippen LogP contribution in [0.1, 0.15) is 11.1 Å². The number of benzene rings is 2. The molecule has 9 heteroatoms.